The van der Waals surface area contributed by atoms with E-state index in [1.807, 2.05) is 30.3 Å². The summed E-state index contributed by atoms with van der Waals surface area (Å²) in [6.07, 6.45) is 1.63. The molecule has 3 atom stereocenters. The van der Waals surface area contributed by atoms with E-state index in [1.54, 1.807) is 36.4 Å². The van der Waals surface area contributed by atoms with Crippen LogP contribution in [0.1, 0.15) is 33.1 Å². The van der Waals surface area contributed by atoms with Crippen molar-refractivity contribution in [3.63, 3.8) is 0 Å². The van der Waals surface area contributed by atoms with Crippen LogP contribution in [0.5, 0.6) is 0 Å². The third-order valence-corrected chi connectivity index (χ3v) is 5.24. The van der Waals surface area contributed by atoms with E-state index in [0.717, 1.165) is 5.56 Å². The van der Waals surface area contributed by atoms with Crippen LogP contribution in [0.25, 0.3) is 11.1 Å². The van der Waals surface area contributed by atoms with Gasteiger partial charge in [-0.1, -0.05) is 72.3 Å². The predicted molar refractivity (Wildman–Crippen MR) is 110 cm³/mol. The van der Waals surface area contributed by atoms with Crippen LogP contribution < -0.4 is 10.3 Å². The van der Waals surface area contributed by atoms with Crippen molar-refractivity contribution in [2.24, 2.45) is 0 Å². The lowest BCUT2D eigenvalue weighted by atomic mass is 9.99. The van der Waals surface area contributed by atoms with Gasteiger partial charge < -0.3 is 15.5 Å². The first-order chi connectivity index (χ1) is 14.0. The molecule has 0 fully saturated rings. The van der Waals surface area contributed by atoms with Gasteiger partial charge in [-0.3, -0.25) is 4.79 Å². The molecule has 7 heteroatoms. The number of quaternary nitrogens is 2. The number of nitrogens with one attached hydrogen (secondary N) is 2. The highest BCUT2D eigenvalue weighted by Crippen LogP contribution is 2.35. The van der Waals surface area contributed by atoms with E-state index in [4.69, 9.17) is 11.6 Å². The summed E-state index contributed by atoms with van der Waals surface area (Å²) in [5.74, 6) is -0.349. The van der Waals surface area contributed by atoms with Crippen molar-refractivity contribution in [1.29, 1.82) is 0 Å². The number of hydroxylamine groups is 1. The number of Topliss-reactive ketones (excluding diaryl/α,β-unsaturated/α-hetero) is 1. The Morgan fingerprint density at radius 2 is 1.69 bits per heavy atom. The Labute approximate surface area is 172 Å². The van der Waals surface area contributed by atoms with Crippen LogP contribution in [0, 0.1) is 10.4 Å². The largest absolute Gasteiger partial charge is 0.628 e. The van der Waals surface area contributed by atoms with Crippen LogP contribution in [0.2, 0.25) is 0 Å². The van der Waals surface area contributed by atoms with Crippen molar-refractivity contribution < 1.29 is 20.3 Å². The van der Waals surface area contributed by atoms with Crippen molar-refractivity contribution in [3.05, 3.63) is 105 Å². The summed E-state index contributed by atoms with van der Waals surface area (Å²) in [4.78, 5) is 13.0. The summed E-state index contributed by atoms with van der Waals surface area (Å²) in [7, 11) is 0. The van der Waals surface area contributed by atoms with E-state index in [1.165, 1.54) is 12.1 Å². The van der Waals surface area contributed by atoms with E-state index in [-0.39, 0.29) is 33.3 Å². The van der Waals surface area contributed by atoms with E-state index < -0.39 is 16.3 Å². The van der Waals surface area contributed by atoms with Gasteiger partial charge in [0.15, 0.2) is 11.7 Å². The first-order valence-electron chi connectivity index (χ1n) is 8.94. The zero-order chi connectivity index (χ0) is 20.5. The molecule has 0 amide bonds. The van der Waals surface area contributed by atoms with Crippen molar-refractivity contribution in [3.8, 4) is 0 Å². The second kappa shape index (κ2) is 7.88. The molecule has 1 aliphatic rings. The van der Waals surface area contributed by atoms with E-state index in [0.29, 0.717) is 5.56 Å². The van der Waals surface area contributed by atoms with Gasteiger partial charge in [-0.25, -0.2) is 5.21 Å². The molecule has 0 aromatic heterocycles. The number of ketones is 1. The molecule has 1 aliphatic heterocycles. The zero-order valence-corrected chi connectivity index (χ0v) is 15.9. The molecule has 1 heterocycles. The third kappa shape index (κ3) is 3.61. The van der Waals surface area contributed by atoms with Gasteiger partial charge in [0.05, 0.1) is 22.2 Å². The van der Waals surface area contributed by atoms with Crippen LogP contribution in [-0.4, -0.2) is 11.0 Å². The minimum Gasteiger partial charge on any atom is -0.628 e. The Morgan fingerprint density at radius 3 is 2.31 bits per heavy atom. The second-order valence-electron chi connectivity index (χ2n) is 6.72. The van der Waals surface area contributed by atoms with Gasteiger partial charge in [0.1, 0.15) is 5.69 Å². The van der Waals surface area contributed by atoms with Crippen LogP contribution in [0.4, 0.5) is 11.4 Å². The van der Waals surface area contributed by atoms with Gasteiger partial charge in [0, 0.05) is 5.56 Å². The second-order valence-corrected chi connectivity index (χ2v) is 7.13. The Hall–Kier alpha value is -2.84. The van der Waals surface area contributed by atoms with Gasteiger partial charge in [0.2, 0.25) is 5.78 Å². The SMILES string of the molecule is O=C1c2cc(C(Cl)=Cc3ccccc3)c([NH+]([O-])O)cc2[NH+]([O-])C1c1ccccc1. The molecule has 4 rings (SSSR count). The molecule has 3 unspecified atom stereocenters. The quantitative estimate of drug-likeness (QED) is 0.351. The lowest BCUT2D eigenvalue weighted by Crippen LogP contribution is -3.02. The lowest BCUT2D eigenvalue weighted by molar-refractivity contribution is -0.991. The number of hydrogen-bond acceptors (Lipinski definition) is 4. The Morgan fingerprint density at radius 1 is 1.07 bits per heavy atom. The number of carbonyl (C=O) groups excluding carboxylic acids is 1. The Bertz CT molecular complexity index is 1080. The first kappa shape index (κ1) is 19.5. The summed E-state index contributed by atoms with van der Waals surface area (Å²) in [6, 6.07) is 19.7. The minimum atomic E-state index is -1.22. The third-order valence-electron chi connectivity index (χ3n) is 4.93. The molecule has 0 saturated heterocycles. The van der Waals surface area contributed by atoms with Gasteiger partial charge in [-0.05, 0) is 17.7 Å². The van der Waals surface area contributed by atoms with E-state index in [9.17, 15) is 20.4 Å². The smallest absolute Gasteiger partial charge is 0.231 e. The number of halogens is 1. The minimum absolute atomic E-state index is 0.115. The maximum absolute atomic E-state index is 13.0. The van der Waals surface area contributed by atoms with Crippen molar-refractivity contribution in [2.45, 2.75) is 6.04 Å². The molecule has 0 bridgehead atoms. The molecular weight excluding hydrogens is 392 g/mol. The Balaban J connectivity index is 1.82. The molecule has 0 saturated carbocycles. The van der Waals surface area contributed by atoms with Gasteiger partial charge in [-0.15, -0.1) is 0 Å². The molecule has 0 spiro atoms. The van der Waals surface area contributed by atoms with Crippen molar-refractivity contribution in [2.75, 3.05) is 0 Å². The van der Waals surface area contributed by atoms with Crippen LogP contribution in [0.3, 0.4) is 0 Å². The summed E-state index contributed by atoms with van der Waals surface area (Å²) >= 11 is 6.43. The maximum atomic E-state index is 13.0. The topological polar surface area (TPSA) is 92.3 Å². The van der Waals surface area contributed by atoms with Crippen LogP contribution in [0.15, 0.2) is 72.8 Å². The summed E-state index contributed by atoms with van der Waals surface area (Å²) in [6.45, 7) is 0. The molecule has 146 valence electrons. The fourth-order valence-corrected chi connectivity index (χ4v) is 3.82. The van der Waals surface area contributed by atoms with Crippen molar-refractivity contribution >= 4 is 39.9 Å². The lowest BCUT2D eigenvalue weighted by Gasteiger charge is -2.24. The van der Waals surface area contributed by atoms with E-state index in [2.05, 4.69) is 0 Å². The standard InChI is InChI=1S/C22H17ClN2O4/c23-18(11-14-7-3-1-4-8-14)16-12-17-19(13-20(16)25(28)29)24(27)21(22(17)26)15-9-5-2-6-10-15/h1-13,21,24-25,28H. The molecule has 3 aromatic rings. The fourth-order valence-electron chi connectivity index (χ4n) is 3.53. The molecular formula is C22H17ClN2O4. The number of rotatable bonds is 4. The molecule has 29 heavy (non-hydrogen) atoms. The predicted octanol–water partition coefficient (Wildman–Crippen LogP) is 2.78. The fraction of sp³-hybridized carbons (Fsp3) is 0.0455. The number of fused-ring (bicyclic) bond motifs is 1. The average Bonchev–Trinajstić information content (AvgIpc) is 2.98. The normalized spacial score (nSPS) is 19.9. The number of carbonyl (C=O) groups is 1. The maximum Gasteiger partial charge on any atom is 0.231 e. The summed E-state index contributed by atoms with van der Waals surface area (Å²) in [5, 5.41) is 33.0. The highest BCUT2D eigenvalue weighted by molar-refractivity contribution is 6.51. The van der Waals surface area contributed by atoms with Crippen molar-refractivity contribution in [1.82, 2.24) is 0 Å². The van der Waals surface area contributed by atoms with Gasteiger partial charge >= 0.3 is 0 Å². The van der Waals surface area contributed by atoms with Crippen LogP contribution >= 0.6 is 11.6 Å². The number of benzene rings is 3. The van der Waals surface area contributed by atoms with Crippen LogP contribution in [-0.2, 0) is 0 Å². The van der Waals surface area contributed by atoms with Gasteiger partial charge in [-0.2, -0.15) is 5.23 Å². The molecule has 6 nitrogen and oxygen atoms in total. The highest BCUT2D eigenvalue weighted by atomic mass is 35.5. The van der Waals surface area contributed by atoms with E-state index >= 15 is 0 Å². The first-order valence-corrected chi connectivity index (χ1v) is 9.32. The Kier molecular flexibility index (Phi) is 5.29. The summed E-state index contributed by atoms with van der Waals surface area (Å²) in [5.41, 5.74) is 1.78. The average molecular weight is 409 g/mol. The number of hydrogen-bond donors (Lipinski definition) is 3. The molecule has 3 N–H and O–H groups in total. The molecule has 0 aliphatic carbocycles. The highest BCUT2D eigenvalue weighted by Gasteiger charge is 2.41. The van der Waals surface area contributed by atoms with Gasteiger partial charge in [0.25, 0.3) is 0 Å². The zero-order valence-electron chi connectivity index (χ0n) is 15.1. The molecule has 3 aromatic carbocycles. The molecule has 0 radical (unpaired) electrons. The summed E-state index contributed by atoms with van der Waals surface area (Å²) < 4.78 is 0. The monoisotopic (exact) mass is 408 g/mol.